The zero-order valence-corrected chi connectivity index (χ0v) is 18.9. The van der Waals surface area contributed by atoms with Crippen molar-refractivity contribution in [3.05, 3.63) is 65.5 Å². The highest BCUT2D eigenvalue weighted by molar-refractivity contribution is 7.89. The summed E-state index contributed by atoms with van der Waals surface area (Å²) in [6.45, 7) is 5.64. The lowest BCUT2D eigenvalue weighted by Crippen LogP contribution is -2.37. The summed E-state index contributed by atoms with van der Waals surface area (Å²) < 4.78 is 45.2. The van der Waals surface area contributed by atoms with Crippen molar-refractivity contribution in [3.8, 4) is 0 Å². The molecule has 1 amide bonds. The van der Waals surface area contributed by atoms with E-state index in [2.05, 4.69) is 0 Å². The van der Waals surface area contributed by atoms with Crippen molar-refractivity contribution in [2.24, 2.45) is 0 Å². The lowest BCUT2D eigenvalue weighted by Gasteiger charge is -2.22. The summed E-state index contributed by atoms with van der Waals surface area (Å²) in [5.74, 6) is -1.68. The molecule has 0 spiro atoms. The van der Waals surface area contributed by atoms with Gasteiger partial charge in [0.2, 0.25) is 10.0 Å². The molecule has 0 aliphatic rings. The van der Waals surface area contributed by atoms with E-state index in [1.54, 1.807) is 26.0 Å². The second-order valence-electron chi connectivity index (χ2n) is 6.99. The average molecular weight is 451 g/mol. The van der Waals surface area contributed by atoms with Gasteiger partial charge in [0.05, 0.1) is 10.5 Å². The molecule has 0 aliphatic carbocycles. The number of nitrogens with zero attached hydrogens (tertiary/aromatic N) is 2. The van der Waals surface area contributed by atoms with Crippen molar-refractivity contribution in [1.29, 1.82) is 0 Å². The zero-order chi connectivity index (χ0) is 23.2. The van der Waals surface area contributed by atoms with Gasteiger partial charge in [0.15, 0.2) is 6.10 Å². The molecule has 31 heavy (non-hydrogen) atoms. The molecular formula is C22H27FN2O5S. The highest BCUT2D eigenvalue weighted by atomic mass is 32.2. The topological polar surface area (TPSA) is 84.0 Å². The Bertz CT molecular complexity index is 1040. The monoisotopic (exact) mass is 450 g/mol. The molecule has 0 heterocycles. The smallest absolute Gasteiger partial charge is 0.338 e. The average Bonchev–Trinajstić information content (AvgIpc) is 2.73. The maximum atomic E-state index is 13.3. The molecule has 0 saturated carbocycles. The molecular weight excluding hydrogens is 423 g/mol. The molecule has 0 aliphatic heterocycles. The number of hydrogen-bond donors (Lipinski definition) is 0. The first-order valence-corrected chi connectivity index (χ1v) is 11.3. The number of sulfonamides is 1. The summed E-state index contributed by atoms with van der Waals surface area (Å²) in [6.07, 6.45) is -1.10. The van der Waals surface area contributed by atoms with Gasteiger partial charge in [-0.2, -0.15) is 4.31 Å². The summed E-state index contributed by atoms with van der Waals surface area (Å²) in [5.41, 5.74) is 0.629. The Morgan fingerprint density at radius 2 is 1.71 bits per heavy atom. The number of esters is 1. The van der Waals surface area contributed by atoms with Crippen LogP contribution in [0.25, 0.3) is 0 Å². The van der Waals surface area contributed by atoms with E-state index in [0.29, 0.717) is 18.7 Å². The number of likely N-dealkylation sites (N-methyl/N-ethyl adjacent to an activating group) is 1. The first-order valence-electron chi connectivity index (χ1n) is 9.90. The molecule has 9 heteroatoms. The standard InChI is InChI=1S/C22H27FN2O5S/c1-5-25(6-2)31(28,29)20-12-8-10-18(14-20)22(27)30-16(3)21(26)24(4)15-17-9-7-11-19(23)13-17/h7-14,16H,5-6,15H2,1-4H3. The van der Waals surface area contributed by atoms with E-state index in [0.717, 1.165) is 0 Å². The van der Waals surface area contributed by atoms with E-state index in [1.165, 1.54) is 59.6 Å². The van der Waals surface area contributed by atoms with Gasteiger partial charge in [-0.1, -0.05) is 32.0 Å². The van der Waals surface area contributed by atoms with Gasteiger partial charge < -0.3 is 9.64 Å². The van der Waals surface area contributed by atoms with Crippen molar-refractivity contribution in [3.63, 3.8) is 0 Å². The van der Waals surface area contributed by atoms with Gasteiger partial charge in [0.25, 0.3) is 5.91 Å². The molecule has 0 bridgehead atoms. The first kappa shape index (κ1) is 24.5. The Hall–Kier alpha value is -2.78. The number of carbonyl (C=O) groups excluding carboxylic acids is 2. The minimum absolute atomic E-state index is 0.0205. The van der Waals surface area contributed by atoms with Gasteiger partial charge >= 0.3 is 5.97 Å². The van der Waals surface area contributed by atoms with Crippen molar-refractivity contribution in [2.45, 2.75) is 38.3 Å². The summed E-state index contributed by atoms with van der Waals surface area (Å²) in [6, 6.07) is 11.4. The summed E-state index contributed by atoms with van der Waals surface area (Å²) in [5, 5.41) is 0. The number of hydrogen-bond acceptors (Lipinski definition) is 5. The van der Waals surface area contributed by atoms with Crippen LogP contribution in [0.4, 0.5) is 4.39 Å². The van der Waals surface area contributed by atoms with Crippen LogP contribution < -0.4 is 0 Å². The number of ether oxygens (including phenoxy) is 1. The van der Waals surface area contributed by atoms with Crippen LogP contribution in [0.15, 0.2) is 53.4 Å². The number of amides is 1. The van der Waals surface area contributed by atoms with Crippen LogP contribution in [0.5, 0.6) is 0 Å². The maximum Gasteiger partial charge on any atom is 0.338 e. The van der Waals surface area contributed by atoms with E-state index in [1.807, 2.05) is 0 Å². The predicted octanol–water partition coefficient (Wildman–Crippen LogP) is 3.06. The van der Waals surface area contributed by atoms with Crippen LogP contribution in [0.3, 0.4) is 0 Å². The third-order valence-electron chi connectivity index (χ3n) is 4.73. The van der Waals surface area contributed by atoms with Gasteiger partial charge in [0, 0.05) is 26.7 Å². The second-order valence-corrected chi connectivity index (χ2v) is 8.93. The Morgan fingerprint density at radius 3 is 2.32 bits per heavy atom. The Balaban J connectivity index is 2.09. The van der Waals surface area contributed by atoms with Crippen molar-refractivity contribution in [2.75, 3.05) is 20.1 Å². The zero-order valence-electron chi connectivity index (χ0n) is 18.0. The summed E-state index contributed by atoms with van der Waals surface area (Å²) in [4.78, 5) is 26.4. The van der Waals surface area contributed by atoms with Crippen LogP contribution in [-0.2, 0) is 26.1 Å². The van der Waals surface area contributed by atoms with Crippen LogP contribution in [0, 0.1) is 5.82 Å². The summed E-state index contributed by atoms with van der Waals surface area (Å²) in [7, 11) is -2.21. The van der Waals surface area contributed by atoms with Crippen molar-refractivity contribution in [1.82, 2.24) is 9.21 Å². The molecule has 168 valence electrons. The van der Waals surface area contributed by atoms with E-state index >= 15 is 0 Å². The van der Waals surface area contributed by atoms with Gasteiger partial charge in [-0.3, -0.25) is 4.79 Å². The summed E-state index contributed by atoms with van der Waals surface area (Å²) >= 11 is 0. The molecule has 0 saturated heterocycles. The third-order valence-corrected chi connectivity index (χ3v) is 6.78. The number of carbonyl (C=O) groups is 2. The molecule has 2 aromatic rings. The van der Waals surface area contributed by atoms with Crippen molar-refractivity contribution < 1.29 is 27.1 Å². The Kier molecular flexibility index (Phi) is 8.29. The fourth-order valence-corrected chi connectivity index (χ4v) is 4.58. The van der Waals surface area contributed by atoms with Crippen LogP contribution in [0.2, 0.25) is 0 Å². The maximum absolute atomic E-state index is 13.3. The van der Waals surface area contributed by atoms with E-state index < -0.39 is 33.8 Å². The van der Waals surface area contributed by atoms with E-state index in [-0.39, 0.29) is 17.0 Å². The molecule has 0 fully saturated rings. The fourth-order valence-electron chi connectivity index (χ4n) is 3.07. The molecule has 7 nitrogen and oxygen atoms in total. The molecule has 2 aromatic carbocycles. The van der Waals surface area contributed by atoms with Crippen LogP contribution in [-0.4, -0.2) is 55.7 Å². The largest absolute Gasteiger partial charge is 0.449 e. The van der Waals surface area contributed by atoms with Gasteiger partial charge in [-0.05, 0) is 42.8 Å². The highest BCUT2D eigenvalue weighted by Crippen LogP contribution is 2.18. The van der Waals surface area contributed by atoms with E-state index in [9.17, 15) is 22.4 Å². The normalized spacial score (nSPS) is 12.5. The first-order chi connectivity index (χ1) is 14.6. The molecule has 0 N–H and O–H groups in total. The molecule has 0 aromatic heterocycles. The fraction of sp³-hybridized carbons (Fsp3) is 0.364. The third kappa shape index (κ3) is 6.11. The second kappa shape index (κ2) is 10.5. The van der Waals surface area contributed by atoms with Gasteiger partial charge in [-0.15, -0.1) is 0 Å². The quantitative estimate of drug-likeness (QED) is 0.549. The van der Waals surface area contributed by atoms with Crippen molar-refractivity contribution >= 4 is 21.9 Å². The minimum atomic E-state index is -3.73. The van der Waals surface area contributed by atoms with Gasteiger partial charge in [0.1, 0.15) is 5.82 Å². The number of benzene rings is 2. The number of halogens is 1. The Labute approximate surface area is 182 Å². The molecule has 1 atom stereocenters. The lowest BCUT2D eigenvalue weighted by molar-refractivity contribution is -0.139. The highest BCUT2D eigenvalue weighted by Gasteiger charge is 2.25. The molecule has 2 rings (SSSR count). The van der Waals surface area contributed by atoms with Gasteiger partial charge in [-0.25, -0.2) is 17.6 Å². The SMILES string of the molecule is CCN(CC)S(=O)(=O)c1cccc(C(=O)OC(C)C(=O)N(C)Cc2cccc(F)c2)c1. The number of rotatable bonds is 9. The predicted molar refractivity (Wildman–Crippen MR) is 114 cm³/mol. The lowest BCUT2D eigenvalue weighted by atomic mass is 10.2. The van der Waals surface area contributed by atoms with E-state index in [4.69, 9.17) is 4.74 Å². The molecule has 1 unspecified atom stereocenters. The minimum Gasteiger partial charge on any atom is -0.449 e. The van der Waals surface area contributed by atoms with Crippen LogP contribution in [0.1, 0.15) is 36.7 Å². The van der Waals surface area contributed by atoms with Crippen LogP contribution >= 0.6 is 0 Å². The Morgan fingerprint density at radius 1 is 1.06 bits per heavy atom. The molecule has 0 radical (unpaired) electrons.